The Labute approximate surface area is 202 Å². The highest BCUT2D eigenvalue weighted by molar-refractivity contribution is 5.24. The fourth-order valence-electron chi connectivity index (χ4n) is 11.6. The molecule has 0 aromatic rings. The molecule has 0 saturated heterocycles. The molecule has 0 bridgehead atoms. The molecule has 0 amide bonds. The van der Waals surface area contributed by atoms with Crippen LogP contribution in [0, 0.1) is 56.7 Å². The number of fused-ring (bicyclic) bond motifs is 7. The van der Waals surface area contributed by atoms with Crippen molar-refractivity contribution in [2.24, 2.45) is 56.7 Å². The predicted molar refractivity (Wildman–Crippen MR) is 133 cm³/mol. The standard InChI is InChI=1S/C30H50O3/c1-17(2)18-11-13-27(5)15-16-29(7)19(22(18)27)9-10-20-28(6)14-12-21(31)26(3,4)24(28)23(32)25(33)30(20,29)8/h18-25,31-33H,1,9-16H2,2-8H3/t18-,19+,20-,21-,22+,23-,24+,25-,27+,28+,29+,30-/m0/s1. The van der Waals surface area contributed by atoms with Crippen molar-refractivity contribution >= 4 is 0 Å². The van der Waals surface area contributed by atoms with Gasteiger partial charge in [-0.3, -0.25) is 0 Å². The van der Waals surface area contributed by atoms with E-state index >= 15 is 0 Å². The van der Waals surface area contributed by atoms with Crippen LogP contribution in [-0.2, 0) is 0 Å². The van der Waals surface area contributed by atoms with Crippen LogP contribution in [0.15, 0.2) is 12.2 Å². The molecule has 188 valence electrons. The summed E-state index contributed by atoms with van der Waals surface area (Å²) < 4.78 is 0. The molecule has 5 saturated carbocycles. The van der Waals surface area contributed by atoms with Gasteiger partial charge in [-0.05, 0) is 104 Å². The van der Waals surface area contributed by atoms with E-state index < -0.39 is 23.7 Å². The number of hydrogen-bond acceptors (Lipinski definition) is 3. The minimum Gasteiger partial charge on any atom is -0.393 e. The van der Waals surface area contributed by atoms with Gasteiger partial charge in [0.1, 0.15) is 0 Å². The monoisotopic (exact) mass is 458 g/mol. The fourth-order valence-corrected chi connectivity index (χ4v) is 11.6. The van der Waals surface area contributed by atoms with Crippen molar-refractivity contribution in [3.63, 3.8) is 0 Å². The minimum absolute atomic E-state index is 0.00666. The van der Waals surface area contributed by atoms with Gasteiger partial charge in [-0.15, -0.1) is 0 Å². The van der Waals surface area contributed by atoms with Crippen molar-refractivity contribution in [2.45, 2.75) is 118 Å². The highest BCUT2D eigenvalue weighted by Gasteiger charge is 2.74. The van der Waals surface area contributed by atoms with E-state index in [-0.39, 0.29) is 22.2 Å². The molecule has 0 aromatic heterocycles. The highest BCUT2D eigenvalue weighted by atomic mass is 16.3. The van der Waals surface area contributed by atoms with Crippen molar-refractivity contribution in [1.82, 2.24) is 0 Å². The van der Waals surface area contributed by atoms with Crippen LogP contribution in [0.3, 0.4) is 0 Å². The normalized spacial score (nSPS) is 59.7. The maximum absolute atomic E-state index is 12.0. The van der Waals surface area contributed by atoms with Gasteiger partial charge >= 0.3 is 0 Å². The summed E-state index contributed by atoms with van der Waals surface area (Å²) in [5, 5.41) is 34.7. The zero-order valence-corrected chi connectivity index (χ0v) is 22.3. The molecule has 0 heterocycles. The van der Waals surface area contributed by atoms with E-state index in [1.54, 1.807) is 0 Å². The van der Waals surface area contributed by atoms with Crippen LogP contribution in [0.1, 0.15) is 99.8 Å². The Balaban J connectivity index is 1.62. The van der Waals surface area contributed by atoms with Crippen LogP contribution < -0.4 is 0 Å². The van der Waals surface area contributed by atoms with Crippen LogP contribution in [0.2, 0.25) is 0 Å². The average molecular weight is 459 g/mol. The number of aliphatic hydroxyl groups excluding tert-OH is 3. The van der Waals surface area contributed by atoms with Gasteiger partial charge in [-0.1, -0.05) is 53.7 Å². The third kappa shape index (κ3) is 2.74. The largest absolute Gasteiger partial charge is 0.393 e. The van der Waals surface area contributed by atoms with Gasteiger partial charge < -0.3 is 15.3 Å². The van der Waals surface area contributed by atoms with E-state index in [2.05, 4.69) is 55.0 Å². The van der Waals surface area contributed by atoms with E-state index in [0.29, 0.717) is 29.1 Å². The van der Waals surface area contributed by atoms with Crippen LogP contribution >= 0.6 is 0 Å². The third-order valence-electron chi connectivity index (χ3n) is 13.5. The van der Waals surface area contributed by atoms with Crippen LogP contribution in [0.4, 0.5) is 0 Å². The Morgan fingerprint density at radius 2 is 1.48 bits per heavy atom. The molecule has 3 heteroatoms. The lowest BCUT2D eigenvalue weighted by molar-refractivity contribution is -0.315. The summed E-state index contributed by atoms with van der Waals surface area (Å²) in [6, 6.07) is 0. The molecule has 0 spiro atoms. The molecule has 5 aliphatic carbocycles. The Morgan fingerprint density at radius 3 is 2.12 bits per heavy atom. The summed E-state index contributed by atoms with van der Waals surface area (Å²) in [4.78, 5) is 0. The Morgan fingerprint density at radius 1 is 0.818 bits per heavy atom. The third-order valence-corrected chi connectivity index (χ3v) is 13.5. The Bertz CT molecular complexity index is 834. The molecule has 5 aliphatic rings. The predicted octanol–water partition coefficient (Wildman–Crippen LogP) is 5.97. The quantitative estimate of drug-likeness (QED) is 0.425. The Hall–Kier alpha value is -0.380. The van der Waals surface area contributed by atoms with Gasteiger partial charge in [-0.2, -0.15) is 0 Å². The molecular weight excluding hydrogens is 408 g/mol. The molecule has 0 radical (unpaired) electrons. The molecule has 12 atom stereocenters. The molecule has 0 aliphatic heterocycles. The van der Waals surface area contributed by atoms with Gasteiger partial charge in [0.15, 0.2) is 0 Å². The second kappa shape index (κ2) is 7.10. The SMILES string of the molecule is C=C(C)[C@@H]1CC[C@]2(C)CC[C@]3(C)[C@H](CC[C@H]4[C@@]5(C)CC[C@H](O)C(C)(C)[C@H]5[C@H](O)[C@H](O)[C@]43C)[C@@H]12. The maximum atomic E-state index is 12.0. The highest BCUT2D eigenvalue weighted by Crippen LogP contribution is 2.77. The van der Waals surface area contributed by atoms with Crippen molar-refractivity contribution in [1.29, 1.82) is 0 Å². The van der Waals surface area contributed by atoms with E-state index in [9.17, 15) is 15.3 Å². The molecule has 3 N–H and O–H groups in total. The number of aliphatic hydroxyl groups is 3. The summed E-state index contributed by atoms with van der Waals surface area (Å²) in [5.41, 5.74) is 0.968. The first-order chi connectivity index (χ1) is 15.2. The summed E-state index contributed by atoms with van der Waals surface area (Å²) in [6.45, 7) is 20.7. The van der Waals surface area contributed by atoms with E-state index in [1.807, 2.05) is 0 Å². The zero-order chi connectivity index (χ0) is 24.4. The lowest BCUT2D eigenvalue weighted by atomic mass is 9.31. The van der Waals surface area contributed by atoms with E-state index in [1.165, 1.54) is 31.3 Å². The van der Waals surface area contributed by atoms with E-state index in [4.69, 9.17) is 0 Å². The lowest BCUT2D eigenvalue weighted by Crippen LogP contribution is -2.74. The first-order valence-electron chi connectivity index (χ1n) is 13.9. The zero-order valence-electron chi connectivity index (χ0n) is 22.3. The second-order valence-electron chi connectivity index (χ2n) is 14.9. The van der Waals surface area contributed by atoms with Crippen LogP contribution in [-0.4, -0.2) is 33.6 Å². The van der Waals surface area contributed by atoms with Gasteiger partial charge in [-0.25, -0.2) is 0 Å². The molecule has 0 unspecified atom stereocenters. The summed E-state index contributed by atoms with van der Waals surface area (Å²) in [7, 11) is 0. The molecule has 5 rings (SSSR count). The first-order valence-corrected chi connectivity index (χ1v) is 13.9. The van der Waals surface area contributed by atoms with Crippen LogP contribution in [0.5, 0.6) is 0 Å². The summed E-state index contributed by atoms with van der Waals surface area (Å²) in [5.74, 6) is 2.11. The number of hydrogen-bond donors (Lipinski definition) is 3. The van der Waals surface area contributed by atoms with E-state index in [0.717, 1.165) is 25.7 Å². The van der Waals surface area contributed by atoms with Gasteiger partial charge in [0.2, 0.25) is 0 Å². The summed E-state index contributed by atoms with van der Waals surface area (Å²) >= 11 is 0. The average Bonchev–Trinajstić information content (AvgIpc) is 3.08. The summed E-state index contributed by atoms with van der Waals surface area (Å²) in [6.07, 6.45) is 7.11. The van der Waals surface area contributed by atoms with Crippen molar-refractivity contribution < 1.29 is 15.3 Å². The topological polar surface area (TPSA) is 60.7 Å². The van der Waals surface area contributed by atoms with Gasteiger partial charge in [0.05, 0.1) is 18.3 Å². The van der Waals surface area contributed by atoms with Crippen molar-refractivity contribution in [3.8, 4) is 0 Å². The van der Waals surface area contributed by atoms with Crippen molar-refractivity contribution in [2.75, 3.05) is 0 Å². The van der Waals surface area contributed by atoms with Gasteiger partial charge in [0, 0.05) is 11.3 Å². The molecular formula is C30H50O3. The first kappa shape index (κ1) is 24.3. The molecule has 0 aromatic carbocycles. The minimum atomic E-state index is -0.786. The molecule has 33 heavy (non-hydrogen) atoms. The van der Waals surface area contributed by atoms with Crippen LogP contribution in [0.25, 0.3) is 0 Å². The molecule has 5 fully saturated rings. The van der Waals surface area contributed by atoms with Gasteiger partial charge in [0.25, 0.3) is 0 Å². The number of allylic oxidation sites excluding steroid dienone is 1. The smallest absolute Gasteiger partial charge is 0.0863 e. The van der Waals surface area contributed by atoms with Crippen molar-refractivity contribution in [3.05, 3.63) is 12.2 Å². The Kier molecular flexibility index (Phi) is 5.23. The second-order valence-corrected chi connectivity index (χ2v) is 14.9. The lowest BCUT2D eigenvalue weighted by Gasteiger charge is -2.74. The maximum Gasteiger partial charge on any atom is 0.0863 e. The number of rotatable bonds is 1. The molecule has 3 nitrogen and oxygen atoms in total. The fraction of sp³-hybridized carbons (Fsp3) is 0.933.